The van der Waals surface area contributed by atoms with Crippen LogP contribution in [0.1, 0.15) is 31.9 Å². The van der Waals surface area contributed by atoms with Crippen molar-refractivity contribution in [3.63, 3.8) is 0 Å². The maximum Gasteiger partial charge on any atom is 0.411 e. The molecule has 0 saturated carbocycles. The second-order valence-corrected chi connectivity index (χ2v) is 4.74. The zero-order chi connectivity index (χ0) is 13.1. The standard InChI is InChI=1S/C13H16N2O2/c1-13(2,3)10-7-9(8-14)5-6-11(10)15-12(16)17-4/h5-7H,1-4H3,(H,15,16). The van der Waals surface area contributed by atoms with Crippen molar-refractivity contribution >= 4 is 11.8 Å². The second-order valence-electron chi connectivity index (χ2n) is 4.74. The van der Waals surface area contributed by atoms with Gasteiger partial charge in [-0.15, -0.1) is 0 Å². The monoisotopic (exact) mass is 232 g/mol. The molecule has 0 spiro atoms. The Labute approximate surface area is 101 Å². The third-order valence-corrected chi connectivity index (χ3v) is 2.38. The summed E-state index contributed by atoms with van der Waals surface area (Å²) in [6, 6.07) is 7.26. The Bertz CT molecular complexity index is 467. The van der Waals surface area contributed by atoms with Crippen molar-refractivity contribution in [2.24, 2.45) is 0 Å². The fourth-order valence-corrected chi connectivity index (χ4v) is 1.50. The summed E-state index contributed by atoms with van der Waals surface area (Å²) in [5, 5.41) is 11.5. The summed E-state index contributed by atoms with van der Waals surface area (Å²) in [6.07, 6.45) is -0.514. The molecule has 1 aromatic carbocycles. The van der Waals surface area contributed by atoms with E-state index in [2.05, 4.69) is 16.1 Å². The van der Waals surface area contributed by atoms with Gasteiger partial charge >= 0.3 is 6.09 Å². The minimum absolute atomic E-state index is 0.163. The SMILES string of the molecule is COC(=O)Nc1ccc(C#N)cc1C(C)(C)C. The van der Waals surface area contributed by atoms with E-state index in [9.17, 15) is 4.79 Å². The average molecular weight is 232 g/mol. The van der Waals surface area contributed by atoms with Gasteiger partial charge in [-0.3, -0.25) is 5.32 Å². The molecule has 17 heavy (non-hydrogen) atoms. The summed E-state index contributed by atoms with van der Waals surface area (Å²) in [5.41, 5.74) is 1.99. The summed E-state index contributed by atoms with van der Waals surface area (Å²) in [4.78, 5) is 11.2. The molecule has 0 unspecified atom stereocenters. The van der Waals surface area contributed by atoms with Gasteiger partial charge in [-0.25, -0.2) is 4.79 Å². The summed E-state index contributed by atoms with van der Waals surface area (Å²) >= 11 is 0. The topological polar surface area (TPSA) is 62.1 Å². The molecule has 1 aromatic rings. The number of methoxy groups -OCH3 is 1. The minimum Gasteiger partial charge on any atom is -0.453 e. The van der Waals surface area contributed by atoms with Gasteiger partial charge in [-0.2, -0.15) is 5.26 Å². The molecular formula is C13H16N2O2. The van der Waals surface area contributed by atoms with Crippen molar-refractivity contribution in [2.75, 3.05) is 12.4 Å². The fraction of sp³-hybridized carbons (Fsp3) is 0.385. The van der Waals surface area contributed by atoms with Crippen LogP contribution in [0.5, 0.6) is 0 Å². The number of amides is 1. The second kappa shape index (κ2) is 4.88. The molecule has 0 heterocycles. The van der Waals surface area contributed by atoms with Crippen LogP contribution in [0.25, 0.3) is 0 Å². The van der Waals surface area contributed by atoms with Gasteiger partial charge in [0, 0.05) is 5.69 Å². The van der Waals surface area contributed by atoms with Gasteiger partial charge in [0.15, 0.2) is 0 Å². The molecular weight excluding hydrogens is 216 g/mol. The average Bonchev–Trinajstić information content (AvgIpc) is 2.28. The van der Waals surface area contributed by atoms with Crippen molar-refractivity contribution in [3.05, 3.63) is 29.3 Å². The number of nitriles is 1. The van der Waals surface area contributed by atoms with E-state index in [1.165, 1.54) is 7.11 Å². The Hall–Kier alpha value is -2.02. The highest BCUT2D eigenvalue weighted by Gasteiger charge is 2.19. The number of benzene rings is 1. The number of carbonyl (C=O) groups is 1. The number of hydrogen-bond acceptors (Lipinski definition) is 3. The smallest absolute Gasteiger partial charge is 0.411 e. The fourth-order valence-electron chi connectivity index (χ4n) is 1.50. The molecule has 0 bridgehead atoms. The van der Waals surface area contributed by atoms with E-state index in [4.69, 9.17) is 5.26 Å². The number of rotatable bonds is 1. The lowest BCUT2D eigenvalue weighted by Crippen LogP contribution is -2.18. The van der Waals surface area contributed by atoms with Gasteiger partial charge in [0.25, 0.3) is 0 Å². The highest BCUT2D eigenvalue weighted by molar-refractivity contribution is 5.86. The Morgan fingerprint density at radius 1 is 1.41 bits per heavy atom. The van der Waals surface area contributed by atoms with Crippen LogP contribution in [0.15, 0.2) is 18.2 Å². The third-order valence-electron chi connectivity index (χ3n) is 2.38. The van der Waals surface area contributed by atoms with E-state index in [0.717, 1.165) is 5.56 Å². The molecule has 4 nitrogen and oxygen atoms in total. The predicted octanol–water partition coefficient (Wildman–Crippen LogP) is 3.03. The maximum absolute atomic E-state index is 11.2. The number of carbonyl (C=O) groups excluding carboxylic acids is 1. The van der Waals surface area contributed by atoms with Crippen LogP contribution in [0.4, 0.5) is 10.5 Å². The van der Waals surface area contributed by atoms with Crippen LogP contribution in [-0.2, 0) is 10.2 Å². The Kier molecular flexibility index (Phi) is 3.74. The van der Waals surface area contributed by atoms with Crippen molar-refractivity contribution in [2.45, 2.75) is 26.2 Å². The number of hydrogen-bond donors (Lipinski definition) is 1. The Morgan fingerprint density at radius 3 is 2.53 bits per heavy atom. The molecule has 0 saturated heterocycles. The molecule has 90 valence electrons. The van der Waals surface area contributed by atoms with Gasteiger partial charge in [0.1, 0.15) is 0 Å². The zero-order valence-electron chi connectivity index (χ0n) is 10.5. The summed E-state index contributed by atoms with van der Waals surface area (Å²) in [7, 11) is 1.32. The van der Waals surface area contributed by atoms with E-state index in [0.29, 0.717) is 11.3 Å². The van der Waals surface area contributed by atoms with Gasteiger partial charge < -0.3 is 4.74 Å². The maximum atomic E-state index is 11.2. The number of nitrogens with zero attached hydrogens (tertiary/aromatic N) is 1. The van der Waals surface area contributed by atoms with Gasteiger partial charge in [-0.1, -0.05) is 20.8 Å². The molecule has 0 aliphatic rings. The van der Waals surface area contributed by atoms with E-state index >= 15 is 0 Å². The lowest BCUT2D eigenvalue weighted by atomic mass is 9.85. The van der Waals surface area contributed by atoms with Crippen LogP contribution in [0.3, 0.4) is 0 Å². The van der Waals surface area contributed by atoms with Crippen molar-refractivity contribution in [1.29, 1.82) is 5.26 Å². The summed E-state index contributed by atoms with van der Waals surface area (Å²) in [5.74, 6) is 0. The molecule has 0 atom stereocenters. The van der Waals surface area contributed by atoms with E-state index in [-0.39, 0.29) is 5.41 Å². The van der Waals surface area contributed by atoms with E-state index in [1.54, 1.807) is 18.2 Å². The van der Waals surface area contributed by atoms with Gasteiger partial charge in [0.2, 0.25) is 0 Å². The molecule has 0 radical (unpaired) electrons. The van der Waals surface area contributed by atoms with Crippen LogP contribution in [0.2, 0.25) is 0 Å². The lowest BCUT2D eigenvalue weighted by molar-refractivity contribution is 0.187. The first-order valence-corrected chi connectivity index (χ1v) is 5.28. The molecule has 0 aliphatic heterocycles. The van der Waals surface area contributed by atoms with E-state index < -0.39 is 6.09 Å². The molecule has 4 heteroatoms. The first-order valence-electron chi connectivity index (χ1n) is 5.28. The molecule has 0 aliphatic carbocycles. The number of anilines is 1. The molecule has 0 fully saturated rings. The molecule has 1 amide bonds. The highest BCUT2D eigenvalue weighted by atomic mass is 16.5. The largest absolute Gasteiger partial charge is 0.453 e. The third kappa shape index (κ3) is 3.22. The Balaban J connectivity index is 3.22. The van der Waals surface area contributed by atoms with Crippen LogP contribution < -0.4 is 5.32 Å². The zero-order valence-corrected chi connectivity index (χ0v) is 10.5. The van der Waals surface area contributed by atoms with Gasteiger partial charge in [0.05, 0.1) is 18.7 Å². The Morgan fingerprint density at radius 2 is 2.06 bits per heavy atom. The quantitative estimate of drug-likeness (QED) is 0.809. The number of ether oxygens (including phenoxy) is 1. The normalized spacial score (nSPS) is 10.5. The summed E-state index contributed by atoms with van der Waals surface area (Å²) < 4.78 is 4.56. The minimum atomic E-state index is -0.514. The van der Waals surface area contributed by atoms with Crippen molar-refractivity contribution < 1.29 is 9.53 Å². The lowest BCUT2D eigenvalue weighted by Gasteiger charge is -2.23. The first kappa shape index (κ1) is 13.0. The van der Waals surface area contributed by atoms with E-state index in [1.807, 2.05) is 20.8 Å². The number of nitrogens with one attached hydrogen (secondary N) is 1. The predicted molar refractivity (Wildman–Crippen MR) is 65.9 cm³/mol. The van der Waals surface area contributed by atoms with Crippen LogP contribution in [-0.4, -0.2) is 13.2 Å². The molecule has 1 rings (SSSR count). The summed E-state index contributed by atoms with van der Waals surface area (Å²) in [6.45, 7) is 6.06. The van der Waals surface area contributed by atoms with Crippen molar-refractivity contribution in [1.82, 2.24) is 0 Å². The van der Waals surface area contributed by atoms with Crippen LogP contribution >= 0.6 is 0 Å². The van der Waals surface area contributed by atoms with Gasteiger partial charge in [-0.05, 0) is 29.2 Å². The van der Waals surface area contributed by atoms with Crippen LogP contribution in [0, 0.1) is 11.3 Å². The first-order chi connectivity index (χ1) is 7.88. The molecule has 1 N–H and O–H groups in total. The van der Waals surface area contributed by atoms with Crippen molar-refractivity contribution in [3.8, 4) is 6.07 Å². The highest BCUT2D eigenvalue weighted by Crippen LogP contribution is 2.30. The molecule has 0 aromatic heterocycles.